The summed E-state index contributed by atoms with van der Waals surface area (Å²) >= 11 is 0. The molecule has 2 aromatic heterocycles. The van der Waals surface area contributed by atoms with E-state index in [-0.39, 0.29) is 11.3 Å². The van der Waals surface area contributed by atoms with Crippen molar-refractivity contribution in [2.45, 2.75) is 38.6 Å². The summed E-state index contributed by atoms with van der Waals surface area (Å²) in [6.07, 6.45) is 0. The van der Waals surface area contributed by atoms with Gasteiger partial charge in [0.2, 0.25) is 11.8 Å². The molecule has 2 fully saturated rings. The average Bonchev–Trinajstić information content (AvgIpc) is 3.21. The normalized spacial score (nSPS) is 27.9. The van der Waals surface area contributed by atoms with Gasteiger partial charge in [-0.05, 0) is 6.92 Å². The summed E-state index contributed by atoms with van der Waals surface area (Å²) in [4.78, 5) is 2.38. The van der Waals surface area contributed by atoms with Crippen molar-refractivity contribution in [2.75, 3.05) is 26.3 Å². The van der Waals surface area contributed by atoms with Crippen LogP contribution < -0.4 is 0 Å². The Morgan fingerprint density at radius 3 is 2.96 bits per heavy atom. The van der Waals surface area contributed by atoms with Crippen LogP contribution in [0.4, 0.5) is 0 Å². The fraction of sp³-hybridized carbons (Fsp3) is 0.688. The zero-order chi connectivity index (χ0) is 16.0. The van der Waals surface area contributed by atoms with Gasteiger partial charge in [0, 0.05) is 37.5 Å². The van der Waals surface area contributed by atoms with E-state index in [0.717, 1.165) is 43.6 Å². The molecule has 2 aliphatic rings. The lowest BCUT2D eigenvalue weighted by Gasteiger charge is -2.22. The molecule has 0 spiro atoms. The predicted molar refractivity (Wildman–Crippen MR) is 80.9 cm³/mol. The number of hydrogen-bond acceptors (Lipinski definition) is 7. The maximum atomic E-state index is 5.97. The Balaban J connectivity index is 1.56. The summed E-state index contributed by atoms with van der Waals surface area (Å²) in [5.74, 6) is 2.89. The highest BCUT2D eigenvalue weighted by Gasteiger charge is 2.55. The number of aryl methyl sites for hydroxylation is 1. The Kier molecular flexibility index (Phi) is 3.50. The van der Waals surface area contributed by atoms with Crippen molar-refractivity contribution in [1.82, 2.24) is 20.3 Å². The van der Waals surface area contributed by atoms with Gasteiger partial charge in [-0.2, -0.15) is 0 Å². The molecule has 2 aromatic rings. The summed E-state index contributed by atoms with van der Waals surface area (Å²) < 4.78 is 16.9. The van der Waals surface area contributed by atoms with Crippen molar-refractivity contribution in [3.8, 4) is 0 Å². The number of hydrogen-bond donors (Lipinski definition) is 0. The van der Waals surface area contributed by atoms with Crippen LogP contribution in [-0.4, -0.2) is 46.6 Å². The Morgan fingerprint density at radius 2 is 2.26 bits per heavy atom. The van der Waals surface area contributed by atoms with Crippen molar-refractivity contribution in [2.24, 2.45) is 5.92 Å². The molecule has 2 saturated heterocycles. The highest BCUT2D eigenvalue weighted by atomic mass is 16.5. The van der Waals surface area contributed by atoms with E-state index in [1.165, 1.54) is 0 Å². The highest BCUT2D eigenvalue weighted by Crippen LogP contribution is 2.43. The maximum Gasteiger partial charge on any atom is 0.226 e. The van der Waals surface area contributed by atoms with Crippen LogP contribution in [0.2, 0.25) is 0 Å². The lowest BCUT2D eigenvalue weighted by molar-refractivity contribution is 0.139. The molecule has 0 aromatic carbocycles. The van der Waals surface area contributed by atoms with Gasteiger partial charge in [0.25, 0.3) is 0 Å². The number of aromatic nitrogens is 3. The van der Waals surface area contributed by atoms with Crippen LogP contribution in [0.3, 0.4) is 0 Å². The van der Waals surface area contributed by atoms with Gasteiger partial charge < -0.3 is 13.7 Å². The van der Waals surface area contributed by atoms with Gasteiger partial charge in [-0.25, -0.2) is 0 Å². The van der Waals surface area contributed by atoms with Crippen LogP contribution >= 0.6 is 0 Å². The van der Waals surface area contributed by atoms with Gasteiger partial charge in [-0.3, -0.25) is 4.90 Å². The molecule has 0 amide bonds. The van der Waals surface area contributed by atoms with Crippen LogP contribution in [-0.2, 0) is 16.7 Å². The number of likely N-dealkylation sites (tertiary alicyclic amines) is 1. The second-order valence-electron chi connectivity index (χ2n) is 7.07. The largest absolute Gasteiger partial charge is 0.424 e. The first-order valence-electron chi connectivity index (χ1n) is 8.13. The Bertz CT molecular complexity index is 695. The van der Waals surface area contributed by atoms with E-state index in [1.54, 1.807) is 0 Å². The molecular weight excluding hydrogens is 296 g/mol. The summed E-state index contributed by atoms with van der Waals surface area (Å²) in [7, 11) is 0. The lowest BCUT2D eigenvalue weighted by Crippen LogP contribution is -2.35. The molecule has 0 N–H and O–H groups in total. The van der Waals surface area contributed by atoms with Gasteiger partial charge in [0.15, 0.2) is 0 Å². The van der Waals surface area contributed by atoms with Gasteiger partial charge in [-0.1, -0.05) is 19.0 Å². The SMILES string of the molecule is Cc1cc(CN2C[C@@H]3COC[C@]3(c3nnc(C(C)C)o3)C2)no1. The fourth-order valence-electron chi connectivity index (χ4n) is 3.65. The standard InChI is InChI=1S/C16H22N4O3/c1-10(2)14-17-18-15(22-14)16-8-20(5-12(16)7-21-9-16)6-13-4-11(3)23-19-13/h4,10,12H,5-9H2,1-3H3/t12-,16-/m1/s1. The monoisotopic (exact) mass is 318 g/mol. The number of rotatable bonds is 4. The number of fused-ring (bicyclic) bond motifs is 1. The second-order valence-corrected chi connectivity index (χ2v) is 7.07. The summed E-state index contributed by atoms with van der Waals surface area (Å²) in [5.41, 5.74) is 0.783. The third-order valence-electron chi connectivity index (χ3n) is 4.87. The van der Waals surface area contributed by atoms with E-state index in [9.17, 15) is 0 Å². The molecule has 2 atom stereocenters. The third-order valence-corrected chi connectivity index (χ3v) is 4.87. The molecule has 0 unspecified atom stereocenters. The number of ether oxygens (including phenoxy) is 1. The summed E-state index contributed by atoms with van der Waals surface area (Å²) in [6, 6.07) is 1.99. The Labute approximate surface area is 135 Å². The lowest BCUT2D eigenvalue weighted by atomic mass is 9.81. The van der Waals surface area contributed by atoms with Crippen molar-refractivity contribution in [3.05, 3.63) is 29.3 Å². The second kappa shape index (κ2) is 5.42. The minimum Gasteiger partial charge on any atom is -0.424 e. The minimum absolute atomic E-state index is 0.182. The predicted octanol–water partition coefficient (Wildman–Crippen LogP) is 1.89. The topological polar surface area (TPSA) is 77.4 Å². The maximum absolute atomic E-state index is 5.97. The fourth-order valence-corrected chi connectivity index (χ4v) is 3.65. The molecule has 0 aliphatic carbocycles. The smallest absolute Gasteiger partial charge is 0.226 e. The van der Waals surface area contributed by atoms with Crippen molar-refractivity contribution < 1.29 is 13.7 Å². The van der Waals surface area contributed by atoms with E-state index in [4.69, 9.17) is 13.7 Å². The van der Waals surface area contributed by atoms with E-state index in [0.29, 0.717) is 18.4 Å². The number of nitrogens with zero attached hydrogens (tertiary/aromatic N) is 4. The van der Waals surface area contributed by atoms with Crippen LogP contribution in [0.1, 0.15) is 43.0 Å². The van der Waals surface area contributed by atoms with Crippen LogP contribution in [0.15, 0.2) is 15.0 Å². The van der Waals surface area contributed by atoms with E-state index in [2.05, 4.69) is 34.1 Å². The zero-order valence-electron chi connectivity index (χ0n) is 13.8. The van der Waals surface area contributed by atoms with Crippen LogP contribution in [0.25, 0.3) is 0 Å². The molecule has 124 valence electrons. The summed E-state index contributed by atoms with van der Waals surface area (Å²) in [6.45, 7) is 10.0. The average molecular weight is 318 g/mol. The Morgan fingerprint density at radius 1 is 1.39 bits per heavy atom. The Hall–Kier alpha value is -1.73. The molecule has 2 aliphatic heterocycles. The van der Waals surface area contributed by atoms with E-state index < -0.39 is 0 Å². The van der Waals surface area contributed by atoms with E-state index >= 15 is 0 Å². The molecule has 7 heteroatoms. The van der Waals surface area contributed by atoms with Crippen molar-refractivity contribution in [3.63, 3.8) is 0 Å². The third kappa shape index (κ3) is 2.48. The molecular formula is C16H22N4O3. The molecule has 7 nitrogen and oxygen atoms in total. The minimum atomic E-state index is -0.182. The molecule has 0 radical (unpaired) electrons. The van der Waals surface area contributed by atoms with Crippen molar-refractivity contribution >= 4 is 0 Å². The quantitative estimate of drug-likeness (QED) is 0.852. The first kappa shape index (κ1) is 14.8. The molecule has 0 bridgehead atoms. The summed E-state index contributed by atoms with van der Waals surface area (Å²) in [5, 5.41) is 12.6. The van der Waals surface area contributed by atoms with Crippen LogP contribution in [0.5, 0.6) is 0 Å². The van der Waals surface area contributed by atoms with E-state index in [1.807, 2.05) is 13.0 Å². The molecule has 4 rings (SSSR count). The van der Waals surface area contributed by atoms with Crippen LogP contribution in [0, 0.1) is 12.8 Å². The van der Waals surface area contributed by atoms with Gasteiger partial charge in [0.05, 0.1) is 24.3 Å². The van der Waals surface area contributed by atoms with Crippen molar-refractivity contribution in [1.29, 1.82) is 0 Å². The van der Waals surface area contributed by atoms with Gasteiger partial charge in [-0.15, -0.1) is 10.2 Å². The molecule has 4 heterocycles. The molecule has 0 saturated carbocycles. The first-order valence-corrected chi connectivity index (χ1v) is 8.13. The highest BCUT2D eigenvalue weighted by molar-refractivity contribution is 5.17. The zero-order valence-corrected chi connectivity index (χ0v) is 13.8. The molecule has 23 heavy (non-hydrogen) atoms. The first-order chi connectivity index (χ1) is 11.1. The van der Waals surface area contributed by atoms with Gasteiger partial charge in [0.1, 0.15) is 5.76 Å². The van der Waals surface area contributed by atoms with Gasteiger partial charge >= 0.3 is 0 Å².